The zero-order chi connectivity index (χ0) is 13.1. The molecule has 4 nitrogen and oxygen atoms in total. The fourth-order valence-electron chi connectivity index (χ4n) is 2.27. The fraction of sp³-hybridized carbons (Fsp3) is 0.385. The van der Waals surface area contributed by atoms with Gasteiger partial charge in [-0.3, -0.25) is 4.79 Å². The maximum absolute atomic E-state index is 13.4. The number of carbonyl (C=O) groups excluding carboxylic acids is 1. The standard InChI is InChI=1S/C13H14FN3O/c14-11-4-9(7-15)5-12(6-11)17-3-1-2-10(8-17)13(16)18/h4-6,10H,1-3,8H2,(H2,16,18). The number of carbonyl (C=O) groups is 1. The highest BCUT2D eigenvalue weighted by atomic mass is 19.1. The summed E-state index contributed by atoms with van der Waals surface area (Å²) in [5.41, 5.74) is 6.22. The smallest absolute Gasteiger partial charge is 0.222 e. The SMILES string of the molecule is N#Cc1cc(F)cc(N2CCCC(C(N)=O)C2)c1. The maximum atomic E-state index is 13.4. The summed E-state index contributed by atoms with van der Waals surface area (Å²) in [5, 5.41) is 8.82. The predicted octanol–water partition coefficient (Wildman–Crippen LogP) is 1.40. The second kappa shape index (κ2) is 5.05. The Morgan fingerprint density at radius 2 is 2.28 bits per heavy atom. The molecule has 1 amide bonds. The predicted molar refractivity (Wildman–Crippen MR) is 65.2 cm³/mol. The van der Waals surface area contributed by atoms with E-state index < -0.39 is 5.82 Å². The number of halogens is 1. The molecule has 1 aromatic rings. The monoisotopic (exact) mass is 247 g/mol. The minimum absolute atomic E-state index is 0.201. The maximum Gasteiger partial charge on any atom is 0.222 e. The first-order chi connectivity index (χ1) is 8.60. The van der Waals surface area contributed by atoms with Crippen molar-refractivity contribution in [3.63, 3.8) is 0 Å². The van der Waals surface area contributed by atoms with Crippen LogP contribution >= 0.6 is 0 Å². The second-order valence-corrected chi connectivity index (χ2v) is 4.50. The normalized spacial score (nSPS) is 19.3. The zero-order valence-corrected chi connectivity index (χ0v) is 9.90. The molecule has 0 saturated carbocycles. The minimum atomic E-state index is -0.440. The van der Waals surface area contributed by atoms with E-state index in [1.54, 1.807) is 6.07 Å². The van der Waals surface area contributed by atoms with Crippen molar-refractivity contribution in [2.75, 3.05) is 18.0 Å². The highest BCUT2D eigenvalue weighted by molar-refractivity contribution is 5.77. The number of nitriles is 1. The molecule has 0 radical (unpaired) electrons. The van der Waals surface area contributed by atoms with Gasteiger partial charge < -0.3 is 10.6 Å². The number of hydrogen-bond donors (Lipinski definition) is 1. The molecule has 18 heavy (non-hydrogen) atoms. The van der Waals surface area contributed by atoms with Gasteiger partial charge in [0.25, 0.3) is 0 Å². The second-order valence-electron chi connectivity index (χ2n) is 4.50. The number of piperidine rings is 1. The quantitative estimate of drug-likeness (QED) is 0.858. The Labute approximate surface area is 105 Å². The van der Waals surface area contributed by atoms with Crippen LogP contribution in [0.1, 0.15) is 18.4 Å². The molecule has 1 saturated heterocycles. The van der Waals surface area contributed by atoms with Gasteiger partial charge in [-0.05, 0) is 31.0 Å². The van der Waals surface area contributed by atoms with Crippen molar-refractivity contribution in [2.45, 2.75) is 12.8 Å². The summed E-state index contributed by atoms with van der Waals surface area (Å²) in [5.74, 6) is -0.964. The Hall–Kier alpha value is -2.09. The fourth-order valence-corrected chi connectivity index (χ4v) is 2.27. The summed E-state index contributed by atoms with van der Waals surface area (Å²) in [6.45, 7) is 1.24. The summed E-state index contributed by atoms with van der Waals surface area (Å²) >= 11 is 0. The van der Waals surface area contributed by atoms with E-state index in [0.29, 0.717) is 12.2 Å². The highest BCUT2D eigenvalue weighted by Gasteiger charge is 2.24. The molecule has 94 valence electrons. The van der Waals surface area contributed by atoms with Crippen LogP contribution in [0.25, 0.3) is 0 Å². The van der Waals surface area contributed by atoms with Crippen LogP contribution in [0.4, 0.5) is 10.1 Å². The van der Waals surface area contributed by atoms with Crippen molar-refractivity contribution in [3.05, 3.63) is 29.6 Å². The van der Waals surface area contributed by atoms with Crippen LogP contribution in [0.2, 0.25) is 0 Å². The molecule has 1 unspecified atom stereocenters. The molecule has 1 aromatic carbocycles. The van der Waals surface area contributed by atoms with Crippen LogP contribution in [-0.4, -0.2) is 19.0 Å². The molecule has 0 aliphatic carbocycles. The van der Waals surface area contributed by atoms with Crippen LogP contribution < -0.4 is 10.6 Å². The van der Waals surface area contributed by atoms with E-state index in [-0.39, 0.29) is 17.4 Å². The molecular weight excluding hydrogens is 233 g/mol. The molecule has 0 aromatic heterocycles. The Balaban J connectivity index is 2.23. The summed E-state index contributed by atoms with van der Waals surface area (Å²) in [6.07, 6.45) is 1.61. The first-order valence-corrected chi connectivity index (χ1v) is 5.85. The van der Waals surface area contributed by atoms with Gasteiger partial charge in [-0.1, -0.05) is 0 Å². The number of benzene rings is 1. The average molecular weight is 247 g/mol. The van der Waals surface area contributed by atoms with Gasteiger partial charge in [-0.25, -0.2) is 4.39 Å². The van der Waals surface area contributed by atoms with Gasteiger partial charge in [0.2, 0.25) is 5.91 Å². The van der Waals surface area contributed by atoms with E-state index >= 15 is 0 Å². The Morgan fingerprint density at radius 3 is 2.94 bits per heavy atom. The number of nitrogens with zero attached hydrogens (tertiary/aromatic N) is 2. The number of amides is 1. The van der Waals surface area contributed by atoms with Gasteiger partial charge in [0.1, 0.15) is 5.82 Å². The van der Waals surface area contributed by atoms with Gasteiger partial charge in [0.05, 0.1) is 17.6 Å². The molecule has 1 aliphatic heterocycles. The third kappa shape index (κ3) is 2.59. The Morgan fingerprint density at radius 1 is 1.50 bits per heavy atom. The van der Waals surface area contributed by atoms with Gasteiger partial charge in [0, 0.05) is 18.8 Å². The van der Waals surface area contributed by atoms with E-state index in [1.807, 2.05) is 11.0 Å². The Kier molecular flexibility index (Phi) is 3.47. The van der Waals surface area contributed by atoms with Crippen molar-refractivity contribution in [1.82, 2.24) is 0 Å². The molecule has 1 aliphatic rings. The average Bonchev–Trinajstić information content (AvgIpc) is 2.38. The van der Waals surface area contributed by atoms with E-state index in [4.69, 9.17) is 11.0 Å². The lowest BCUT2D eigenvalue weighted by Crippen LogP contribution is -2.41. The summed E-state index contributed by atoms with van der Waals surface area (Å²) in [6, 6.07) is 6.13. The number of anilines is 1. The van der Waals surface area contributed by atoms with Gasteiger partial charge in [-0.15, -0.1) is 0 Å². The molecule has 0 spiro atoms. The van der Waals surface area contributed by atoms with Crippen molar-refractivity contribution in [1.29, 1.82) is 5.26 Å². The van der Waals surface area contributed by atoms with Crippen LogP contribution in [0.15, 0.2) is 18.2 Å². The molecule has 5 heteroatoms. The number of nitrogens with two attached hydrogens (primary N) is 1. The molecule has 2 rings (SSSR count). The lowest BCUT2D eigenvalue weighted by molar-refractivity contribution is -0.122. The lowest BCUT2D eigenvalue weighted by atomic mass is 9.97. The number of primary amides is 1. The molecule has 1 fully saturated rings. The third-order valence-corrected chi connectivity index (χ3v) is 3.20. The van der Waals surface area contributed by atoms with E-state index in [2.05, 4.69) is 0 Å². The van der Waals surface area contributed by atoms with Crippen LogP contribution in [0, 0.1) is 23.1 Å². The summed E-state index contributed by atoms with van der Waals surface area (Å²) in [4.78, 5) is 13.1. The minimum Gasteiger partial charge on any atom is -0.371 e. The van der Waals surface area contributed by atoms with Crippen molar-refractivity contribution >= 4 is 11.6 Å². The van der Waals surface area contributed by atoms with Crippen molar-refractivity contribution < 1.29 is 9.18 Å². The van der Waals surface area contributed by atoms with E-state index in [0.717, 1.165) is 19.4 Å². The van der Waals surface area contributed by atoms with Gasteiger partial charge in [0.15, 0.2) is 0 Å². The van der Waals surface area contributed by atoms with Crippen molar-refractivity contribution in [3.8, 4) is 6.07 Å². The summed E-state index contributed by atoms with van der Waals surface area (Å²) < 4.78 is 13.4. The summed E-state index contributed by atoms with van der Waals surface area (Å²) in [7, 11) is 0. The topological polar surface area (TPSA) is 70.1 Å². The third-order valence-electron chi connectivity index (χ3n) is 3.20. The van der Waals surface area contributed by atoms with Crippen molar-refractivity contribution in [2.24, 2.45) is 11.7 Å². The van der Waals surface area contributed by atoms with Crippen LogP contribution in [0.3, 0.4) is 0 Å². The zero-order valence-electron chi connectivity index (χ0n) is 9.90. The van der Waals surface area contributed by atoms with Gasteiger partial charge in [-0.2, -0.15) is 5.26 Å². The molecule has 1 atom stereocenters. The molecule has 0 bridgehead atoms. The first-order valence-electron chi connectivity index (χ1n) is 5.85. The first kappa shape index (κ1) is 12.4. The Bertz CT molecular complexity index is 509. The van der Waals surface area contributed by atoms with E-state index in [9.17, 15) is 9.18 Å². The number of rotatable bonds is 2. The van der Waals surface area contributed by atoms with Crippen LogP contribution in [0.5, 0.6) is 0 Å². The highest BCUT2D eigenvalue weighted by Crippen LogP contribution is 2.24. The lowest BCUT2D eigenvalue weighted by Gasteiger charge is -2.33. The van der Waals surface area contributed by atoms with Crippen LogP contribution in [-0.2, 0) is 4.79 Å². The van der Waals surface area contributed by atoms with Gasteiger partial charge >= 0.3 is 0 Å². The molecular formula is C13H14FN3O. The molecule has 2 N–H and O–H groups in total. The van der Waals surface area contributed by atoms with E-state index in [1.165, 1.54) is 12.1 Å². The largest absolute Gasteiger partial charge is 0.371 e. The molecule has 1 heterocycles. The number of hydrogen-bond acceptors (Lipinski definition) is 3.